The number of aliphatic carboxylic acids is 1. The lowest BCUT2D eigenvalue weighted by Gasteiger charge is -2.17. The maximum atomic E-state index is 12.1. The third-order valence-corrected chi connectivity index (χ3v) is 5.69. The number of benzene rings is 2. The molecular formula is C24H22N2O6. The topological polar surface area (TPSA) is 116 Å². The van der Waals surface area contributed by atoms with Crippen molar-refractivity contribution in [2.45, 2.75) is 24.5 Å². The highest BCUT2D eigenvalue weighted by molar-refractivity contribution is 5.96. The number of carboxylic acid groups (broad SMARTS) is 1. The molecule has 2 amide bonds. The van der Waals surface area contributed by atoms with Crippen LogP contribution in [0.25, 0.3) is 11.1 Å². The van der Waals surface area contributed by atoms with Gasteiger partial charge < -0.3 is 25.2 Å². The number of rotatable bonds is 4. The summed E-state index contributed by atoms with van der Waals surface area (Å²) in [5.41, 5.74) is 4.47. The van der Waals surface area contributed by atoms with E-state index in [1.807, 2.05) is 36.4 Å². The van der Waals surface area contributed by atoms with E-state index in [0.29, 0.717) is 0 Å². The fourth-order valence-corrected chi connectivity index (χ4v) is 4.23. The summed E-state index contributed by atoms with van der Waals surface area (Å²) < 4.78 is 5.39. The Kier molecular flexibility index (Phi) is 6.10. The summed E-state index contributed by atoms with van der Waals surface area (Å²) in [6, 6.07) is 14.9. The number of amides is 2. The Balaban J connectivity index is 1.30. The van der Waals surface area contributed by atoms with Gasteiger partial charge in [-0.15, -0.1) is 0 Å². The molecule has 1 saturated heterocycles. The summed E-state index contributed by atoms with van der Waals surface area (Å²) in [7, 11) is 0. The number of likely N-dealkylation sites (tertiary alicyclic amines) is 1. The van der Waals surface area contributed by atoms with Crippen LogP contribution in [-0.4, -0.2) is 64.9 Å². The summed E-state index contributed by atoms with van der Waals surface area (Å²) in [4.78, 5) is 36.4. The van der Waals surface area contributed by atoms with Crippen molar-refractivity contribution in [2.24, 2.45) is 0 Å². The molecule has 1 heterocycles. The van der Waals surface area contributed by atoms with Crippen molar-refractivity contribution in [3.8, 4) is 23.0 Å². The number of hydrogen-bond acceptors (Lipinski definition) is 5. The Labute approximate surface area is 184 Å². The van der Waals surface area contributed by atoms with Crippen LogP contribution in [0.15, 0.2) is 48.5 Å². The molecule has 32 heavy (non-hydrogen) atoms. The van der Waals surface area contributed by atoms with Crippen molar-refractivity contribution in [1.82, 2.24) is 10.2 Å². The molecule has 0 aromatic heterocycles. The van der Waals surface area contributed by atoms with E-state index in [2.05, 4.69) is 29.3 Å². The van der Waals surface area contributed by atoms with Crippen molar-refractivity contribution >= 4 is 18.0 Å². The predicted molar refractivity (Wildman–Crippen MR) is 115 cm³/mol. The Morgan fingerprint density at radius 3 is 2.31 bits per heavy atom. The lowest BCUT2D eigenvalue weighted by molar-refractivity contribution is -0.146. The molecule has 1 fully saturated rings. The van der Waals surface area contributed by atoms with Gasteiger partial charge in [0.1, 0.15) is 12.6 Å². The van der Waals surface area contributed by atoms with Crippen LogP contribution in [0.5, 0.6) is 0 Å². The number of ether oxygens (including phenoxy) is 1. The molecule has 2 aromatic rings. The van der Waals surface area contributed by atoms with Crippen LogP contribution in [0.4, 0.5) is 4.79 Å². The number of β-amino-alcohol motifs (C(OH)–C–C–N with tert-alkyl or cyclic N) is 1. The molecule has 1 aliphatic carbocycles. The summed E-state index contributed by atoms with van der Waals surface area (Å²) >= 11 is 0. The van der Waals surface area contributed by atoms with Crippen molar-refractivity contribution in [3.05, 3.63) is 59.7 Å². The van der Waals surface area contributed by atoms with Gasteiger partial charge in [-0.25, -0.2) is 9.59 Å². The van der Waals surface area contributed by atoms with E-state index in [-0.39, 0.29) is 32.0 Å². The highest BCUT2D eigenvalue weighted by Crippen LogP contribution is 2.44. The van der Waals surface area contributed by atoms with E-state index in [1.165, 1.54) is 0 Å². The van der Waals surface area contributed by atoms with Crippen molar-refractivity contribution < 1.29 is 29.3 Å². The Hall–Kier alpha value is -3.83. The number of carbonyl (C=O) groups is 3. The minimum absolute atomic E-state index is 0.0270. The monoisotopic (exact) mass is 434 g/mol. The zero-order chi connectivity index (χ0) is 22.7. The normalized spacial score (nSPS) is 18.8. The first kappa shape index (κ1) is 21.4. The second kappa shape index (κ2) is 9.12. The second-order valence-electron chi connectivity index (χ2n) is 7.68. The molecule has 4 rings (SSSR count). The van der Waals surface area contributed by atoms with Crippen molar-refractivity contribution in [1.29, 1.82) is 0 Å². The van der Waals surface area contributed by atoms with Crippen LogP contribution < -0.4 is 5.32 Å². The van der Waals surface area contributed by atoms with Gasteiger partial charge in [0.2, 0.25) is 0 Å². The van der Waals surface area contributed by atoms with Crippen molar-refractivity contribution in [3.63, 3.8) is 0 Å². The Morgan fingerprint density at radius 2 is 1.69 bits per heavy atom. The highest BCUT2D eigenvalue weighted by atomic mass is 16.5. The number of aliphatic hydroxyl groups is 1. The van der Waals surface area contributed by atoms with E-state index in [9.17, 15) is 19.5 Å². The quantitative estimate of drug-likeness (QED) is 0.629. The molecule has 0 radical (unpaired) electrons. The van der Waals surface area contributed by atoms with Gasteiger partial charge in [-0.1, -0.05) is 54.5 Å². The molecule has 2 aromatic carbocycles. The van der Waals surface area contributed by atoms with E-state index >= 15 is 0 Å². The minimum Gasteiger partial charge on any atom is -0.480 e. The third kappa shape index (κ3) is 4.29. The summed E-state index contributed by atoms with van der Waals surface area (Å²) in [6.07, 6.45) is -1.57. The van der Waals surface area contributed by atoms with Gasteiger partial charge in [0, 0.05) is 18.9 Å². The molecule has 3 N–H and O–H groups in total. The summed E-state index contributed by atoms with van der Waals surface area (Å²) in [6.45, 7) is -0.0426. The van der Waals surface area contributed by atoms with Crippen LogP contribution in [0, 0.1) is 11.8 Å². The molecule has 2 aliphatic rings. The average Bonchev–Trinajstić information content (AvgIpc) is 3.34. The van der Waals surface area contributed by atoms with E-state index in [1.54, 1.807) is 0 Å². The molecule has 0 saturated carbocycles. The van der Waals surface area contributed by atoms with Gasteiger partial charge >= 0.3 is 12.1 Å². The van der Waals surface area contributed by atoms with Crippen LogP contribution >= 0.6 is 0 Å². The molecule has 0 spiro atoms. The van der Waals surface area contributed by atoms with Gasteiger partial charge in [0.25, 0.3) is 5.91 Å². The van der Waals surface area contributed by atoms with Gasteiger partial charge in [0.05, 0.1) is 12.6 Å². The maximum Gasteiger partial charge on any atom is 0.407 e. The fourth-order valence-electron chi connectivity index (χ4n) is 4.23. The van der Waals surface area contributed by atoms with Gasteiger partial charge in [-0.2, -0.15) is 0 Å². The van der Waals surface area contributed by atoms with Crippen LogP contribution in [0.1, 0.15) is 23.5 Å². The number of hydrogen-bond donors (Lipinski definition) is 3. The lowest BCUT2D eigenvalue weighted by atomic mass is 9.98. The average molecular weight is 434 g/mol. The first-order chi connectivity index (χ1) is 15.5. The van der Waals surface area contributed by atoms with Gasteiger partial charge in [-0.05, 0) is 28.2 Å². The smallest absolute Gasteiger partial charge is 0.407 e. The molecule has 0 bridgehead atoms. The second-order valence-corrected chi connectivity index (χ2v) is 7.68. The first-order valence-corrected chi connectivity index (χ1v) is 10.2. The van der Waals surface area contributed by atoms with Crippen LogP contribution in [-0.2, 0) is 14.3 Å². The molecule has 8 heteroatoms. The predicted octanol–water partition coefficient (Wildman–Crippen LogP) is 1.57. The summed E-state index contributed by atoms with van der Waals surface area (Å²) in [5, 5.41) is 21.2. The Morgan fingerprint density at radius 1 is 1.06 bits per heavy atom. The standard InChI is InChI=1S/C24H22N2O6/c27-15-12-21(23(29)30)26(13-15)22(28)10-5-11-25-24(31)32-14-20-18-8-3-1-6-16(18)17-7-2-4-9-19(17)20/h1-4,6-9,15,20-21,27H,11-14H2,(H,25,31)(H,29,30)/t15?,21-/m0/s1. The SMILES string of the molecule is O=C(NCC#CC(=O)N1CC(O)C[C@H]1C(=O)O)OCC1c2ccccc2-c2ccccc21. The fraction of sp³-hybridized carbons (Fsp3) is 0.292. The van der Waals surface area contributed by atoms with Gasteiger partial charge in [-0.3, -0.25) is 4.79 Å². The maximum absolute atomic E-state index is 12.1. The van der Waals surface area contributed by atoms with E-state index < -0.39 is 30.1 Å². The number of fused-ring (bicyclic) bond motifs is 3. The first-order valence-electron chi connectivity index (χ1n) is 10.2. The van der Waals surface area contributed by atoms with E-state index in [0.717, 1.165) is 27.2 Å². The molecule has 2 atom stereocenters. The van der Waals surface area contributed by atoms with Crippen molar-refractivity contribution in [2.75, 3.05) is 19.7 Å². The van der Waals surface area contributed by atoms with Crippen LogP contribution in [0.2, 0.25) is 0 Å². The number of nitrogens with one attached hydrogen (secondary N) is 1. The number of aliphatic hydroxyl groups excluding tert-OH is 1. The number of alkyl carbamates (subject to hydrolysis) is 1. The van der Waals surface area contributed by atoms with Gasteiger partial charge in [0.15, 0.2) is 0 Å². The highest BCUT2D eigenvalue weighted by Gasteiger charge is 2.38. The van der Waals surface area contributed by atoms with Crippen LogP contribution in [0.3, 0.4) is 0 Å². The molecule has 8 nitrogen and oxygen atoms in total. The molecule has 164 valence electrons. The molecule has 1 aliphatic heterocycles. The number of nitrogens with zero attached hydrogens (tertiary/aromatic N) is 1. The largest absolute Gasteiger partial charge is 0.480 e. The molecular weight excluding hydrogens is 412 g/mol. The zero-order valence-electron chi connectivity index (χ0n) is 17.2. The number of carboxylic acids is 1. The summed E-state index contributed by atoms with van der Waals surface area (Å²) in [5.74, 6) is 2.85. The molecule has 1 unspecified atom stereocenters. The van der Waals surface area contributed by atoms with E-state index in [4.69, 9.17) is 9.84 Å². The lowest BCUT2D eigenvalue weighted by Crippen LogP contribution is -2.40. The Bertz CT molecular complexity index is 1070. The number of carbonyl (C=O) groups excluding carboxylic acids is 2. The minimum atomic E-state index is -1.19. The zero-order valence-corrected chi connectivity index (χ0v) is 17.2. The third-order valence-electron chi connectivity index (χ3n) is 5.69.